The van der Waals surface area contributed by atoms with Gasteiger partial charge in [0.25, 0.3) is 0 Å². The van der Waals surface area contributed by atoms with Crippen molar-refractivity contribution in [2.45, 2.75) is 23.5 Å². The molecule has 0 fully saturated rings. The van der Waals surface area contributed by atoms with E-state index in [0.717, 1.165) is 26.1 Å². The van der Waals surface area contributed by atoms with Gasteiger partial charge in [-0.05, 0) is 48.9 Å². The maximum Gasteiger partial charge on any atom is 0.142 e. The predicted octanol–water partition coefficient (Wildman–Crippen LogP) is 5.75. The number of nitrogens with zero attached hydrogens (tertiary/aromatic N) is 2. The highest BCUT2D eigenvalue weighted by atomic mass is 35.5. The standard InChI is InChI=1S/C20H17ClN2OS/c1-15-4-6-16(7-5-15)14-24-23-13-17-3-2-12-22-20(17)25-19-10-8-18(21)9-11-19/h2-13H,14H2,1H3. The molecule has 0 bridgehead atoms. The Hall–Kier alpha value is -2.30. The SMILES string of the molecule is Cc1ccc(CON=Cc2cccnc2Sc2ccc(Cl)cc2)cc1. The molecule has 0 N–H and O–H groups in total. The molecule has 0 spiro atoms. The molecular formula is C20H17ClN2OS. The summed E-state index contributed by atoms with van der Waals surface area (Å²) in [7, 11) is 0. The van der Waals surface area contributed by atoms with Crippen LogP contribution in [0.3, 0.4) is 0 Å². The molecular weight excluding hydrogens is 352 g/mol. The van der Waals surface area contributed by atoms with Gasteiger partial charge in [-0.3, -0.25) is 0 Å². The van der Waals surface area contributed by atoms with Crippen LogP contribution >= 0.6 is 23.4 Å². The fourth-order valence-electron chi connectivity index (χ4n) is 2.09. The molecule has 0 radical (unpaired) electrons. The van der Waals surface area contributed by atoms with Crippen molar-refractivity contribution in [3.8, 4) is 0 Å². The Morgan fingerprint density at radius 2 is 1.84 bits per heavy atom. The highest BCUT2D eigenvalue weighted by Crippen LogP contribution is 2.28. The summed E-state index contributed by atoms with van der Waals surface area (Å²) in [6.07, 6.45) is 3.46. The second kappa shape index (κ2) is 8.70. The van der Waals surface area contributed by atoms with Gasteiger partial charge in [-0.2, -0.15) is 0 Å². The van der Waals surface area contributed by atoms with Crippen LogP contribution in [0, 0.1) is 6.92 Å². The van der Waals surface area contributed by atoms with Crippen LogP contribution in [-0.4, -0.2) is 11.2 Å². The summed E-state index contributed by atoms with van der Waals surface area (Å²) in [5.74, 6) is 0. The Morgan fingerprint density at radius 1 is 1.08 bits per heavy atom. The third-order valence-corrected chi connectivity index (χ3v) is 4.74. The minimum absolute atomic E-state index is 0.441. The molecule has 3 aromatic rings. The first-order valence-corrected chi connectivity index (χ1v) is 8.99. The average Bonchev–Trinajstić information content (AvgIpc) is 2.63. The van der Waals surface area contributed by atoms with Crippen LogP contribution in [0.15, 0.2) is 81.9 Å². The first-order valence-electron chi connectivity index (χ1n) is 7.80. The molecule has 25 heavy (non-hydrogen) atoms. The van der Waals surface area contributed by atoms with Crippen LogP contribution in [0.5, 0.6) is 0 Å². The summed E-state index contributed by atoms with van der Waals surface area (Å²) in [6, 6.07) is 19.7. The molecule has 2 aromatic carbocycles. The normalized spacial score (nSPS) is 11.0. The average molecular weight is 369 g/mol. The predicted molar refractivity (Wildman–Crippen MR) is 103 cm³/mol. The van der Waals surface area contributed by atoms with Crippen LogP contribution in [0.4, 0.5) is 0 Å². The van der Waals surface area contributed by atoms with Gasteiger partial charge in [0.2, 0.25) is 0 Å². The van der Waals surface area contributed by atoms with E-state index >= 15 is 0 Å². The molecule has 0 aliphatic heterocycles. The van der Waals surface area contributed by atoms with Crippen LogP contribution in [0.25, 0.3) is 0 Å². The van der Waals surface area contributed by atoms with Crippen molar-refractivity contribution in [1.29, 1.82) is 0 Å². The molecule has 126 valence electrons. The van der Waals surface area contributed by atoms with Crippen LogP contribution in [0.1, 0.15) is 16.7 Å². The summed E-state index contributed by atoms with van der Waals surface area (Å²) in [5, 5.41) is 5.66. The van der Waals surface area contributed by atoms with Crippen molar-refractivity contribution >= 4 is 29.6 Å². The quantitative estimate of drug-likeness (QED) is 0.410. The molecule has 1 heterocycles. The number of halogens is 1. The molecule has 0 saturated carbocycles. The topological polar surface area (TPSA) is 34.5 Å². The summed E-state index contributed by atoms with van der Waals surface area (Å²) in [4.78, 5) is 10.9. The van der Waals surface area contributed by atoms with Gasteiger partial charge < -0.3 is 4.84 Å². The number of hydrogen-bond acceptors (Lipinski definition) is 4. The summed E-state index contributed by atoms with van der Waals surface area (Å²) in [5.41, 5.74) is 3.22. The highest BCUT2D eigenvalue weighted by molar-refractivity contribution is 7.99. The lowest BCUT2D eigenvalue weighted by atomic mass is 10.2. The third kappa shape index (κ3) is 5.34. The van der Waals surface area contributed by atoms with Gasteiger partial charge in [0.1, 0.15) is 11.6 Å². The number of rotatable bonds is 6. The van der Waals surface area contributed by atoms with Gasteiger partial charge in [-0.15, -0.1) is 0 Å². The van der Waals surface area contributed by atoms with Crippen molar-refractivity contribution in [2.75, 3.05) is 0 Å². The van der Waals surface area contributed by atoms with E-state index in [1.54, 1.807) is 24.2 Å². The summed E-state index contributed by atoms with van der Waals surface area (Å²) in [6.45, 7) is 2.50. The molecule has 0 amide bonds. The molecule has 0 atom stereocenters. The molecule has 3 nitrogen and oxygen atoms in total. The lowest BCUT2D eigenvalue weighted by molar-refractivity contribution is 0.132. The second-order valence-corrected chi connectivity index (χ2v) is 6.95. The number of hydrogen-bond donors (Lipinski definition) is 0. The Balaban J connectivity index is 1.63. The molecule has 0 saturated heterocycles. The zero-order valence-corrected chi connectivity index (χ0v) is 15.3. The van der Waals surface area contributed by atoms with E-state index in [2.05, 4.69) is 29.2 Å². The van der Waals surface area contributed by atoms with E-state index in [0.29, 0.717) is 6.61 Å². The largest absolute Gasteiger partial charge is 0.391 e. The fourth-order valence-corrected chi connectivity index (χ4v) is 3.06. The lowest BCUT2D eigenvalue weighted by Gasteiger charge is -2.04. The number of benzene rings is 2. The van der Waals surface area contributed by atoms with Crippen molar-refractivity contribution in [1.82, 2.24) is 4.98 Å². The monoisotopic (exact) mass is 368 g/mol. The van der Waals surface area contributed by atoms with Gasteiger partial charge in [-0.1, -0.05) is 58.3 Å². The van der Waals surface area contributed by atoms with Gasteiger partial charge in [0, 0.05) is 21.7 Å². The number of aromatic nitrogens is 1. The van der Waals surface area contributed by atoms with Crippen molar-refractivity contribution in [3.63, 3.8) is 0 Å². The highest BCUT2D eigenvalue weighted by Gasteiger charge is 2.04. The Bertz CT molecular complexity index is 848. The van der Waals surface area contributed by atoms with E-state index in [9.17, 15) is 0 Å². The zero-order valence-electron chi connectivity index (χ0n) is 13.7. The first-order chi connectivity index (χ1) is 12.2. The fraction of sp³-hybridized carbons (Fsp3) is 0.100. The van der Waals surface area contributed by atoms with Crippen LogP contribution in [0.2, 0.25) is 5.02 Å². The van der Waals surface area contributed by atoms with E-state index < -0.39 is 0 Å². The maximum atomic E-state index is 5.93. The summed E-state index contributed by atoms with van der Waals surface area (Å²) < 4.78 is 0. The van der Waals surface area contributed by atoms with E-state index in [1.165, 1.54) is 5.56 Å². The molecule has 3 rings (SSSR count). The maximum absolute atomic E-state index is 5.93. The number of pyridine rings is 1. The van der Waals surface area contributed by atoms with Gasteiger partial charge in [-0.25, -0.2) is 4.98 Å². The van der Waals surface area contributed by atoms with Crippen molar-refractivity contribution in [3.05, 3.63) is 88.6 Å². The molecule has 1 aromatic heterocycles. The molecule has 5 heteroatoms. The molecule has 0 aliphatic rings. The smallest absolute Gasteiger partial charge is 0.142 e. The van der Waals surface area contributed by atoms with Gasteiger partial charge in [0.15, 0.2) is 0 Å². The van der Waals surface area contributed by atoms with Crippen LogP contribution < -0.4 is 0 Å². The van der Waals surface area contributed by atoms with Crippen LogP contribution in [-0.2, 0) is 11.4 Å². The Kier molecular flexibility index (Phi) is 6.09. The van der Waals surface area contributed by atoms with Crippen molar-refractivity contribution < 1.29 is 4.84 Å². The minimum atomic E-state index is 0.441. The van der Waals surface area contributed by atoms with E-state index in [1.807, 2.05) is 48.5 Å². The Morgan fingerprint density at radius 3 is 2.60 bits per heavy atom. The zero-order chi connectivity index (χ0) is 17.5. The second-order valence-electron chi connectivity index (χ2n) is 5.45. The number of aryl methyl sites for hydroxylation is 1. The summed E-state index contributed by atoms with van der Waals surface area (Å²) >= 11 is 7.49. The molecule has 0 unspecified atom stereocenters. The van der Waals surface area contributed by atoms with Gasteiger partial charge >= 0.3 is 0 Å². The number of oxime groups is 1. The Labute approximate surface area is 156 Å². The lowest BCUT2D eigenvalue weighted by Crippen LogP contribution is -1.92. The van der Waals surface area contributed by atoms with E-state index in [-0.39, 0.29) is 0 Å². The van der Waals surface area contributed by atoms with E-state index in [4.69, 9.17) is 16.4 Å². The molecule has 0 aliphatic carbocycles. The minimum Gasteiger partial charge on any atom is -0.391 e. The third-order valence-electron chi connectivity index (χ3n) is 3.45. The van der Waals surface area contributed by atoms with Gasteiger partial charge in [0.05, 0.1) is 6.21 Å². The van der Waals surface area contributed by atoms with Crippen molar-refractivity contribution in [2.24, 2.45) is 5.16 Å². The first kappa shape index (κ1) is 17.5.